The SMILES string of the molecule is CCN1CCN(c2cccc(NC(=O)NCC(F)(F)F)c2)CC1. The van der Waals surface area contributed by atoms with Gasteiger partial charge in [-0.25, -0.2) is 4.79 Å². The molecule has 8 heteroatoms. The van der Waals surface area contributed by atoms with E-state index in [1.165, 1.54) is 0 Å². The highest BCUT2D eigenvalue weighted by atomic mass is 19.4. The number of anilines is 2. The van der Waals surface area contributed by atoms with Crippen molar-refractivity contribution in [3.63, 3.8) is 0 Å². The van der Waals surface area contributed by atoms with Crippen LogP contribution < -0.4 is 15.5 Å². The highest BCUT2D eigenvalue weighted by molar-refractivity contribution is 5.89. The molecule has 0 unspecified atom stereocenters. The molecule has 0 bridgehead atoms. The summed E-state index contributed by atoms with van der Waals surface area (Å²) in [5.74, 6) is 0. The summed E-state index contributed by atoms with van der Waals surface area (Å²) in [5.41, 5.74) is 1.43. The van der Waals surface area contributed by atoms with Crippen LogP contribution in [-0.4, -0.2) is 56.4 Å². The molecule has 0 radical (unpaired) electrons. The molecule has 23 heavy (non-hydrogen) atoms. The van der Waals surface area contributed by atoms with Gasteiger partial charge >= 0.3 is 12.2 Å². The molecule has 1 aromatic rings. The molecule has 1 aliphatic rings. The normalized spacial score (nSPS) is 16.3. The van der Waals surface area contributed by atoms with Crippen LogP contribution in [0.5, 0.6) is 0 Å². The number of carbonyl (C=O) groups excluding carboxylic acids is 1. The van der Waals surface area contributed by atoms with Crippen molar-refractivity contribution in [1.82, 2.24) is 10.2 Å². The minimum absolute atomic E-state index is 0.472. The van der Waals surface area contributed by atoms with Gasteiger partial charge in [0.05, 0.1) is 0 Å². The first kappa shape index (κ1) is 17.4. The molecule has 2 amide bonds. The summed E-state index contributed by atoms with van der Waals surface area (Å²) in [6.07, 6.45) is -4.42. The number of piperazine rings is 1. The number of hydrogen-bond acceptors (Lipinski definition) is 3. The number of alkyl halides is 3. The average molecular weight is 330 g/mol. The molecular formula is C15H21F3N4O. The van der Waals surface area contributed by atoms with Crippen LogP contribution in [0.25, 0.3) is 0 Å². The molecule has 5 nitrogen and oxygen atoms in total. The summed E-state index contributed by atoms with van der Waals surface area (Å²) in [7, 11) is 0. The maximum Gasteiger partial charge on any atom is 0.405 e. The van der Waals surface area contributed by atoms with Crippen molar-refractivity contribution >= 4 is 17.4 Å². The molecule has 1 saturated heterocycles. The van der Waals surface area contributed by atoms with Crippen LogP contribution in [0.4, 0.5) is 29.3 Å². The summed E-state index contributed by atoms with van der Waals surface area (Å²) >= 11 is 0. The largest absolute Gasteiger partial charge is 0.405 e. The van der Waals surface area contributed by atoms with Gasteiger partial charge in [-0.1, -0.05) is 13.0 Å². The first-order valence-electron chi connectivity index (χ1n) is 7.56. The van der Waals surface area contributed by atoms with Crippen molar-refractivity contribution in [2.45, 2.75) is 13.1 Å². The number of nitrogens with zero attached hydrogens (tertiary/aromatic N) is 2. The number of urea groups is 1. The number of amides is 2. The van der Waals surface area contributed by atoms with Crippen LogP contribution in [-0.2, 0) is 0 Å². The highest BCUT2D eigenvalue weighted by Gasteiger charge is 2.27. The summed E-state index contributed by atoms with van der Waals surface area (Å²) in [6, 6.07) is 6.27. The van der Waals surface area contributed by atoms with E-state index in [0.717, 1.165) is 38.4 Å². The minimum Gasteiger partial charge on any atom is -0.369 e. The van der Waals surface area contributed by atoms with Crippen molar-refractivity contribution in [3.05, 3.63) is 24.3 Å². The minimum atomic E-state index is -4.42. The topological polar surface area (TPSA) is 47.6 Å². The standard InChI is InChI=1S/C15H21F3N4O/c1-2-21-6-8-22(9-7-21)13-5-3-4-12(10-13)20-14(23)19-11-15(16,17)18/h3-5,10H,2,6-9,11H2,1H3,(H2,19,20,23). The van der Waals surface area contributed by atoms with Gasteiger partial charge < -0.3 is 20.4 Å². The Morgan fingerprint density at radius 3 is 2.52 bits per heavy atom. The van der Waals surface area contributed by atoms with Gasteiger partial charge in [0.2, 0.25) is 0 Å². The monoisotopic (exact) mass is 330 g/mol. The molecule has 1 fully saturated rings. The Bertz CT molecular complexity index is 528. The molecule has 0 spiro atoms. The van der Waals surface area contributed by atoms with Crippen LogP contribution in [0, 0.1) is 0 Å². The first-order chi connectivity index (χ1) is 10.9. The number of likely N-dealkylation sites (N-methyl/N-ethyl adjacent to an activating group) is 1. The number of hydrogen-bond donors (Lipinski definition) is 2. The summed E-state index contributed by atoms with van der Waals surface area (Å²) in [6.45, 7) is 5.52. The van der Waals surface area contributed by atoms with E-state index in [9.17, 15) is 18.0 Å². The van der Waals surface area contributed by atoms with Gasteiger partial charge in [0.25, 0.3) is 0 Å². The van der Waals surface area contributed by atoms with Crippen molar-refractivity contribution in [2.24, 2.45) is 0 Å². The zero-order valence-electron chi connectivity index (χ0n) is 13.0. The van der Waals surface area contributed by atoms with Crippen LogP contribution in [0.2, 0.25) is 0 Å². The predicted octanol–water partition coefficient (Wildman–Crippen LogP) is 2.51. The Morgan fingerprint density at radius 1 is 1.22 bits per heavy atom. The van der Waals surface area contributed by atoms with Gasteiger partial charge in [-0.2, -0.15) is 13.2 Å². The summed E-state index contributed by atoms with van der Waals surface area (Å²) < 4.78 is 36.2. The van der Waals surface area contributed by atoms with E-state index in [1.807, 2.05) is 6.07 Å². The first-order valence-corrected chi connectivity index (χ1v) is 7.56. The summed E-state index contributed by atoms with van der Waals surface area (Å²) in [5, 5.41) is 4.21. The fourth-order valence-corrected chi connectivity index (χ4v) is 2.46. The van der Waals surface area contributed by atoms with Crippen LogP contribution >= 0.6 is 0 Å². The van der Waals surface area contributed by atoms with Gasteiger partial charge in [0.15, 0.2) is 0 Å². The lowest BCUT2D eigenvalue weighted by atomic mass is 10.2. The number of benzene rings is 1. The Hall–Kier alpha value is -1.96. The van der Waals surface area contributed by atoms with E-state index in [2.05, 4.69) is 22.0 Å². The van der Waals surface area contributed by atoms with Gasteiger partial charge in [-0.15, -0.1) is 0 Å². The number of nitrogens with one attached hydrogen (secondary N) is 2. The van der Waals surface area contributed by atoms with Crippen molar-refractivity contribution in [2.75, 3.05) is 49.5 Å². The van der Waals surface area contributed by atoms with E-state index >= 15 is 0 Å². The van der Waals surface area contributed by atoms with E-state index in [0.29, 0.717) is 5.69 Å². The quantitative estimate of drug-likeness (QED) is 0.892. The molecule has 1 aromatic carbocycles. The second kappa shape index (κ2) is 7.54. The van der Waals surface area contributed by atoms with Crippen molar-refractivity contribution in [1.29, 1.82) is 0 Å². The van der Waals surface area contributed by atoms with Crippen molar-refractivity contribution < 1.29 is 18.0 Å². The highest BCUT2D eigenvalue weighted by Crippen LogP contribution is 2.21. The smallest absolute Gasteiger partial charge is 0.369 e. The Kier molecular flexibility index (Phi) is 5.70. The zero-order chi connectivity index (χ0) is 16.9. The van der Waals surface area contributed by atoms with E-state index in [1.54, 1.807) is 23.5 Å². The van der Waals surface area contributed by atoms with Crippen LogP contribution in [0.1, 0.15) is 6.92 Å². The molecule has 0 saturated carbocycles. The van der Waals surface area contributed by atoms with Gasteiger partial charge in [0, 0.05) is 37.6 Å². The van der Waals surface area contributed by atoms with Gasteiger partial charge in [0.1, 0.15) is 6.54 Å². The number of halogens is 3. The van der Waals surface area contributed by atoms with E-state index in [4.69, 9.17) is 0 Å². The lowest BCUT2D eigenvalue weighted by Crippen LogP contribution is -2.46. The second-order valence-corrected chi connectivity index (χ2v) is 5.39. The van der Waals surface area contributed by atoms with Gasteiger partial charge in [-0.3, -0.25) is 0 Å². The Morgan fingerprint density at radius 2 is 1.91 bits per heavy atom. The third kappa shape index (κ3) is 5.63. The van der Waals surface area contributed by atoms with Crippen molar-refractivity contribution in [3.8, 4) is 0 Å². The Labute approximate surface area is 133 Å². The Balaban J connectivity index is 1.91. The average Bonchev–Trinajstić information content (AvgIpc) is 2.53. The third-order valence-electron chi connectivity index (χ3n) is 3.74. The molecule has 0 atom stereocenters. The molecular weight excluding hydrogens is 309 g/mol. The maximum atomic E-state index is 12.1. The predicted molar refractivity (Wildman–Crippen MR) is 83.8 cm³/mol. The molecule has 0 aromatic heterocycles. The molecule has 2 N–H and O–H groups in total. The van der Waals surface area contributed by atoms with E-state index < -0.39 is 18.8 Å². The molecule has 1 heterocycles. The molecule has 0 aliphatic carbocycles. The molecule has 128 valence electrons. The van der Waals surface area contributed by atoms with Crippen LogP contribution in [0.15, 0.2) is 24.3 Å². The third-order valence-corrected chi connectivity index (χ3v) is 3.74. The fourth-order valence-electron chi connectivity index (χ4n) is 2.46. The lowest BCUT2D eigenvalue weighted by molar-refractivity contribution is -0.122. The zero-order valence-corrected chi connectivity index (χ0v) is 13.0. The molecule has 1 aliphatic heterocycles. The van der Waals surface area contributed by atoms with Gasteiger partial charge in [-0.05, 0) is 24.7 Å². The van der Waals surface area contributed by atoms with Crippen LogP contribution in [0.3, 0.4) is 0 Å². The molecule has 2 rings (SSSR count). The number of rotatable bonds is 4. The maximum absolute atomic E-state index is 12.1. The van der Waals surface area contributed by atoms with E-state index in [-0.39, 0.29) is 0 Å². The fraction of sp³-hybridized carbons (Fsp3) is 0.533. The lowest BCUT2D eigenvalue weighted by Gasteiger charge is -2.35. The summed E-state index contributed by atoms with van der Waals surface area (Å²) in [4.78, 5) is 16.0. The second-order valence-electron chi connectivity index (χ2n) is 5.39. The number of carbonyl (C=O) groups is 1.